The van der Waals surface area contributed by atoms with E-state index in [0.717, 1.165) is 7.11 Å². The van der Waals surface area contributed by atoms with Gasteiger partial charge in [0.25, 0.3) is 10.1 Å². The van der Waals surface area contributed by atoms with Crippen LogP contribution in [0.2, 0.25) is 0 Å². The largest absolute Gasteiger partial charge is 0.480 e. The van der Waals surface area contributed by atoms with Crippen molar-refractivity contribution in [2.45, 2.75) is 25.5 Å². The highest BCUT2D eigenvalue weighted by molar-refractivity contribution is 7.86. The second kappa shape index (κ2) is 7.69. The van der Waals surface area contributed by atoms with E-state index in [2.05, 4.69) is 4.18 Å². The van der Waals surface area contributed by atoms with E-state index in [0.29, 0.717) is 0 Å². The minimum Gasteiger partial charge on any atom is -0.480 e. The maximum atomic E-state index is 11.3. The molecule has 0 rings (SSSR count). The highest BCUT2D eigenvalue weighted by Crippen LogP contribution is 2.03. The van der Waals surface area contributed by atoms with Gasteiger partial charge in [0, 0.05) is 0 Å². The van der Waals surface area contributed by atoms with Crippen LogP contribution in [0.1, 0.15) is 13.3 Å². The number of nitrogens with one attached hydrogen (secondary N) is 1. The van der Waals surface area contributed by atoms with Gasteiger partial charge in [-0.15, -0.1) is 0 Å². The SMILES string of the molecule is COS(=O)(=O)CCC(=O)OC(C)C(NC=O)C(=O)O. The van der Waals surface area contributed by atoms with Gasteiger partial charge in [-0.2, -0.15) is 8.42 Å². The molecule has 10 heteroatoms. The van der Waals surface area contributed by atoms with Gasteiger partial charge < -0.3 is 15.2 Å². The lowest BCUT2D eigenvalue weighted by Gasteiger charge is -2.19. The number of hydrogen-bond acceptors (Lipinski definition) is 7. The number of esters is 1. The van der Waals surface area contributed by atoms with E-state index >= 15 is 0 Å². The first-order chi connectivity index (χ1) is 8.73. The number of hydrogen-bond donors (Lipinski definition) is 2. The van der Waals surface area contributed by atoms with Crippen molar-refractivity contribution in [2.24, 2.45) is 0 Å². The Morgan fingerprint density at radius 1 is 1.42 bits per heavy atom. The van der Waals surface area contributed by atoms with Crippen molar-refractivity contribution < 1.29 is 36.8 Å². The van der Waals surface area contributed by atoms with Crippen LogP contribution >= 0.6 is 0 Å². The lowest BCUT2D eigenvalue weighted by Crippen LogP contribution is -2.46. The third-order valence-electron chi connectivity index (χ3n) is 2.11. The van der Waals surface area contributed by atoms with Crippen molar-refractivity contribution in [3.05, 3.63) is 0 Å². The van der Waals surface area contributed by atoms with Gasteiger partial charge >= 0.3 is 11.9 Å². The fourth-order valence-corrected chi connectivity index (χ4v) is 1.69. The Morgan fingerprint density at radius 3 is 2.42 bits per heavy atom. The Balaban J connectivity index is 4.39. The normalized spacial score (nSPS) is 14.2. The number of carboxylic acids is 1. The third-order valence-corrected chi connectivity index (χ3v) is 3.32. The summed E-state index contributed by atoms with van der Waals surface area (Å²) < 4.78 is 30.7. The topological polar surface area (TPSA) is 136 Å². The van der Waals surface area contributed by atoms with E-state index in [1.54, 1.807) is 0 Å². The van der Waals surface area contributed by atoms with Crippen LogP contribution in [0.15, 0.2) is 0 Å². The molecule has 0 aromatic rings. The van der Waals surface area contributed by atoms with Gasteiger partial charge in [-0.05, 0) is 6.92 Å². The Kier molecular flexibility index (Phi) is 7.01. The molecule has 0 aromatic heterocycles. The Bertz CT molecular complexity index is 432. The minimum atomic E-state index is -3.79. The zero-order chi connectivity index (χ0) is 15.1. The Morgan fingerprint density at radius 2 is 2.00 bits per heavy atom. The zero-order valence-electron chi connectivity index (χ0n) is 10.4. The van der Waals surface area contributed by atoms with Gasteiger partial charge in [0.2, 0.25) is 6.41 Å². The highest BCUT2D eigenvalue weighted by atomic mass is 32.2. The molecule has 2 unspecified atom stereocenters. The summed E-state index contributed by atoms with van der Waals surface area (Å²) in [6.45, 7) is 1.26. The summed E-state index contributed by atoms with van der Waals surface area (Å²) in [5.74, 6) is -2.86. The first-order valence-corrected chi connectivity index (χ1v) is 6.71. The van der Waals surface area contributed by atoms with E-state index < -0.39 is 46.4 Å². The molecule has 2 atom stereocenters. The minimum absolute atomic E-state index is 0.165. The molecule has 0 saturated carbocycles. The van der Waals surface area contributed by atoms with Gasteiger partial charge in [0.05, 0.1) is 19.3 Å². The number of carboxylic acid groups (broad SMARTS) is 1. The molecule has 0 radical (unpaired) electrons. The predicted molar refractivity (Wildman–Crippen MR) is 61.6 cm³/mol. The molecular weight excluding hydrogens is 282 g/mol. The average molecular weight is 297 g/mol. The van der Waals surface area contributed by atoms with Crippen molar-refractivity contribution in [2.75, 3.05) is 12.9 Å². The highest BCUT2D eigenvalue weighted by Gasteiger charge is 2.27. The third kappa shape index (κ3) is 6.72. The smallest absolute Gasteiger partial charge is 0.330 e. The number of carbonyl (C=O) groups excluding carboxylic acids is 2. The van der Waals surface area contributed by atoms with E-state index in [-0.39, 0.29) is 6.41 Å². The monoisotopic (exact) mass is 297 g/mol. The van der Waals surface area contributed by atoms with E-state index in [1.807, 2.05) is 5.32 Å². The zero-order valence-corrected chi connectivity index (χ0v) is 11.2. The fourth-order valence-electron chi connectivity index (χ4n) is 1.11. The van der Waals surface area contributed by atoms with Gasteiger partial charge in [0.15, 0.2) is 6.04 Å². The molecule has 0 heterocycles. The fraction of sp³-hybridized carbons (Fsp3) is 0.667. The van der Waals surface area contributed by atoms with E-state index in [1.165, 1.54) is 6.92 Å². The summed E-state index contributed by atoms with van der Waals surface area (Å²) in [5.41, 5.74) is 0. The molecule has 9 nitrogen and oxygen atoms in total. The number of aliphatic carboxylic acids is 1. The van der Waals surface area contributed by atoms with Crippen molar-refractivity contribution in [1.82, 2.24) is 5.32 Å². The summed E-state index contributed by atoms with van der Waals surface area (Å²) in [6.07, 6.45) is -1.45. The van der Waals surface area contributed by atoms with Crippen LogP contribution in [0.25, 0.3) is 0 Å². The summed E-state index contributed by atoms with van der Waals surface area (Å²) in [6, 6.07) is -1.40. The quantitative estimate of drug-likeness (QED) is 0.297. The van der Waals surface area contributed by atoms with Gasteiger partial charge in [-0.25, -0.2) is 4.79 Å². The van der Waals surface area contributed by atoms with Crippen molar-refractivity contribution >= 4 is 28.5 Å². The van der Waals surface area contributed by atoms with Crippen LogP contribution < -0.4 is 5.32 Å². The molecule has 0 bridgehead atoms. The molecule has 0 saturated heterocycles. The van der Waals surface area contributed by atoms with Crippen molar-refractivity contribution in [3.63, 3.8) is 0 Å². The summed E-state index contributed by atoms with van der Waals surface area (Å²) in [5, 5.41) is 10.7. The number of amides is 1. The lowest BCUT2D eigenvalue weighted by atomic mass is 10.2. The molecular formula is C9H15NO8S. The molecule has 110 valence electrons. The Hall–Kier alpha value is -1.68. The first-order valence-electron chi connectivity index (χ1n) is 5.13. The number of carbonyl (C=O) groups is 3. The Labute approximate surface area is 110 Å². The summed E-state index contributed by atoms with van der Waals surface area (Å²) in [7, 11) is -2.83. The molecule has 19 heavy (non-hydrogen) atoms. The molecule has 0 aliphatic carbocycles. The first kappa shape index (κ1) is 17.3. The molecule has 0 aliphatic heterocycles. The van der Waals surface area contributed by atoms with Crippen LogP contribution in [0.4, 0.5) is 0 Å². The molecule has 0 aromatic carbocycles. The molecule has 1 amide bonds. The van der Waals surface area contributed by atoms with Crippen LogP contribution in [0, 0.1) is 0 Å². The number of ether oxygens (including phenoxy) is 1. The van der Waals surface area contributed by atoms with Crippen molar-refractivity contribution in [1.29, 1.82) is 0 Å². The summed E-state index contributed by atoms with van der Waals surface area (Å²) in [4.78, 5) is 32.2. The standard InChI is InChI=1S/C9H15NO8S/c1-6(8(9(13)14)10-5-11)18-7(12)3-4-19(15,16)17-2/h5-6,8H,3-4H2,1-2H3,(H,10,11)(H,13,14). The van der Waals surface area contributed by atoms with E-state index in [4.69, 9.17) is 9.84 Å². The average Bonchev–Trinajstić information content (AvgIpc) is 2.33. The predicted octanol–water partition coefficient (Wildman–Crippen LogP) is -1.52. The molecule has 2 N–H and O–H groups in total. The maximum absolute atomic E-state index is 11.3. The molecule has 0 aliphatic rings. The van der Waals surface area contributed by atoms with Gasteiger partial charge in [0.1, 0.15) is 6.10 Å². The van der Waals surface area contributed by atoms with Gasteiger partial charge in [-0.1, -0.05) is 0 Å². The number of rotatable bonds is 9. The lowest BCUT2D eigenvalue weighted by molar-refractivity contribution is -0.155. The second-order valence-electron chi connectivity index (χ2n) is 3.47. The molecule has 0 spiro atoms. The molecule has 0 fully saturated rings. The van der Waals surface area contributed by atoms with Crippen molar-refractivity contribution in [3.8, 4) is 0 Å². The van der Waals surface area contributed by atoms with Crippen LogP contribution in [0.5, 0.6) is 0 Å². The maximum Gasteiger partial charge on any atom is 0.330 e. The van der Waals surface area contributed by atoms with E-state index in [9.17, 15) is 22.8 Å². The van der Waals surface area contributed by atoms with Crippen LogP contribution in [0.3, 0.4) is 0 Å². The van der Waals surface area contributed by atoms with Crippen LogP contribution in [-0.4, -0.2) is 56.9 Å². The van der Waals surface area contributed by atoms with Gasteiger partial charge in [-0.3, -0.25) is 13.8 Å². The van der Waals surface area contributed by atoms with Crippen LogP contribution in [-0.2, 0) is 33.4 Å². The summed E-state index contributed by atoms with van der Waals surface area (Å²) >= 11 is 0. The second-order valence-corrected chi connectivity index (χ2v) is 5.33.